The molecule has 7 aromatic carbocycles. The van der Waals surface area contributed by atoms with Gasteiger partial charge in [-0.15, -0.1) is 0 Å². The second-order valence-corrected chi connectivity index (χ2v) is 21.5. The molecule has 2 N–H and O–H groups in total. The first kappa shape index (κ1) is 95.8. The molecule has 0 saturated heterocycles. The van der Waals surface area contributed by atoms with Gasteiger partial charge in [0.05, 0.1) is 5.41 Å². The minimum atomic E-state index is -1.12. The Balaban J connectivity index is -0.000000183. The molecule has 11 heteroatoms. The van der Waals surface area contributed by atoms with Crippen molar-refractivity contribution in [2.45, 2.75) is 200 Å². The van der Waals surface area contributed by atoms with E-state index in [9.17, 15) is 24.0 Å². The molecular weight excluding hydrogens is 1960 g/mol. The standard InChI is InChI=1S/C16H16NO.C16H16O.C14H18O.C11H14O.C10H12NO.6C2H6.2Re.2Rf/c1-16(17,12-13-8-4-2-5-9-13)15(18)14-10-6-3-7-11-14;1-16(2,14-11-7-4-8-12-14)15(17)13-9-5-3-6-10-13;1-14(10-6-3-7-11-14)13(15)12-8-4-2-5-9-12;1-11(2,3)10(12)9-7-5-4-6-8-9;1-10(2,11)9(12)8-6-4-3-5-7-8;6*1-2;;;;/h2-11,17H,12H2,1H3;3-12H,1-2H3;2,4-5,8-9H,3,6-7,10-11H2,1H3;4-8H,1-3H3;3-7,11H,1-2H3;6*1-2H3;;;;/q-1;;;;-1;;;;;;;;;;. The van der Waals surface area contributed by atoms with Crippen molar-refractivity contribution in [3.8, 4) is 0 Å². The third-order valence-electron chi connectivity index (χ3n) is 12.9. The van der Waals surface area contributed by atoms with Gasteiger partial charge < -0.3 is 11.5 Å². The summed E-state index contributed by atoms with van der Waals surface area (Å²) in [5.41, 5.74) is 18.5. The van der Waals surface area contributed by atoms with E-state index < -0.39 is 16.5 Å². The summed E-state index contributed by atoms with van der Waals surface area (Å²) in [6, 6.07) is 66.1. The largest absolute Gasteiger partial charge is 0.666 e. The number of ketones is 5. The maximum absolute atomic E-state index is 12.5. The van der Waals surface area contributed by atoms with Gasteiger partial charge in [0.1, 0.15) is 11.6 Å². The van der Waals surface area contributed by atoms with Gasteiger partial charge in [-0.05, 0) is 44.2 Å². The average molecular weight is 2080 g/mol. The molecule has 0 amide bonds. The summed E-state index contributed by atoms with van der Waals surface area (Å²) in [5.74, 6) is 0.422. The van der Waals surface area contributed by atoms with Crippen LogP contribution < -0.4 is 0 Å². The van der Waals surface area contributed by atoms with Crippen molar-refractivity contribution < 1.29 is 64.8 Å². The number of hydrogen-bond acceptors (Lipinski definition) is 5. The number of rotatable bonds is 12. The first-order valence-corrected chi connectivity index (χ1v) is 31.6. The number of carbonyl (C=O) groups excluding carboxylic acids is 5. The normalized spacial score (nSPS) is 11.6. The summed E-state index contributed by atoms with van der Waals surface area (Å²) in [6.07, 6.45) is 6.24. The number of nitrogens with one attached hydrogen (secondary N) is 2. The number of hydrogen-bond donors (Lipinski definition) is 0. The Morgan fingerprint density at radius 3 is 0.911 bits per heavy atom. The molecule has 1 aliphatic rings. The van der Waals surface area contributed by atoms with Crippen molar-refractivity contribution in [2.24, 2.45) is 10.8 Å². The molecule has 0 aromatic heterocycles. The Hall–Kier alpha value is -7.87. The van der Waals surface area contributed by atoms with Crippen molar-refractivity contribution in [3.63, 3.8) is 0 Å². The Morgan fingerprint density at radius 1 is 0.356 bits per heavy atom. The molecule has 2 radical (unpaired) electrons. The Bertz CT molecular complexity index is 2760. The van der Waals surface area contributed by atoms with E-state index in [2.05, 4.69) is 6.92 Å². The topological polar surface area (TPSA) is 133 Å². The van der Waals surface area contributed by atoms with Crippen molar-refractivity contribution in [2.75, 3.05) is 0 Å². The van der Waals surface area contributed by atoms with Crippen LogP contribution in [-0.2, 0) is 52.7 Å². The van der Waals surface area contributed by atoms with Crippen LogP contribution in [-0.4, -0.2) is 40.0 Å². The molecular formula is C79H112N2O5Re2Rf2-2. The quantitative estimate of drug-likeness (QED) is 0.112. The fourth-order valence-corrected chi connectivity index (χ4v) is 8.40. The van der Waals surface area contributed by atoms with Crippen LogP contribution in [0.1, 0.15) is 240 Å². The van der Waals surface area contributed by atoms with Crippen LogP contribution >= 0.6 is 0 Å². The molecule has 0 aliphatic heterocycles. The second kappa shape index (κ2) is 53.0. The average Bonchev–Trinajstić information content (AvgIpc) is 3.76. The molecule has 7 nitrogen and oxygen atoms in total. The fraction of sp³-hybridized carbons (Fsp3) is 0.405. The third-order valence-corrected chi connectivity index (χ3v) is 12.9. The predicted molar refractivity (Wildman–Crippen MR) is 373 cm³/mol. The maximum Gasteiger partial charge on any atom is 0.172 e. The molecule has 7 aromatic rings. The first-order valence-electron chi connectivity index (χ1n) is 31.6. The van der Waals surface area contributed by atoms with Crippen molar-refractivity contribution in [3.05, 3.63) is 263 Å². The van der Waals surface area contributed by atoms with E-state index in [0.717, 1.165) is 40.7 Å². The van der Waals surface area contributed by atoms with Crippen molar-refractivity contribution in [1.29, 1.82) is 0 Å². The van der Waals surface area contributed by atoms with E-state index in [4.69, 9.17) is 11.5 Å². The molecule has 1 aliphatic carbocycles. The predicted octanol–water partition coefficient (Wildman–Crippen LogP) is 23.4. The van der Waals surface area contributed by atoms with Crippen molar-refractivity contribution >= 4 is 28.9 Å². The molecule has 1 atom stereocenters. The Kier molecular flexibility index (Phi) is 56.4. The Labute approximate surface area is 563 Å². The summed E-state index contributed by atoms with van der Waals surface area (Å²) in [7, 11) is 0. The molecule has 0 bridgehead atoms. The molecule has 8 rings (SSSR count). The van der Waals surface area contributed by atoms with E-state index in [1.165, 1.54) is 19.3 Å². The third kappa shape index (κ3) is 35.4. The molecule has 1 unspecified atom stereocenters. The SMILES string of the molecule is CC.CC.CC.CC.CC.CC.CC(C)(C(=O)c1ccccc1)c1ccccc1.CC(C)(C)C(=O)c1ccccc1.CC(C)([NH-])C(=O)c1ccccc1.CC([NH-])(Cc1ccccc1)C(=O)c1ccccc1.CC1(C(=O)c2ccccc2)CCCCC1.[Re].[Re].[Rf].[Rf]. The number of Topliss-reactive ketones (excluding diaryl/α,β-unsaturated/α-hetero) is 5. The minimum absolute atomic E-state index is 0. The van der Waals surface area contributed by atoms with Crippen LogP contribution in [0.5, 0.6) is 0 Å². The monoisotopic (exact) mass is 2080 g/mol. The van der Waals surface area contributed by atoms with Crippen LogP contribution in [0.3, 0.4) is 0 Å². The van der Waals surface area contributed by atoms with Gasteiger partial charge in [0.2, 0.25) is 0 Å². The molecule has 488 valence electrons. The van der Waals surface area contributed by atoms with Gasteiger partial charge >= 0.3 is 0 Å². The minimum Gasteiger partial charge on any atom is -0.666 e. The summed E-state index contributed by atoms with van der Waals surface area (Å²) < 4.78 is 0. The van der Waals surface area contributed by atoms with E-state index in [1.807, 2.05) is 294 Å². The maximum atomic E-state index is 12.5. The van der Waals surface area contributed by atoms with Gasteiger partial charge in [0.25, 0.3) is 0 Å². The van der Waals surface area contributed by atoms with Crippen LogP contribution in [0.2, 0.25) is 0 Å². The van der Waals surface area contributed by atoms with Gasteiger partial charge in [-0.2, -0.15) is 0 Å². The zero-order valence-electron chi connectivity index (χ0n) is 59.2. The number of benzene rings is 7. The van der Waals surface area contributed by atoms with Gasteiger partial charge in [-0.3, -0.25) is 24.0 Å². The second-order valence-electron chi connectivity index (χ2n) is 21.5. The zero-order valence-corrected chi connectivity index (χ0v) is 77.4. The molecule has 0 heterocycles. The zero-order chi connectivity index (χ0) is 66.4. The smallest absolute Gasteiger partial charge is 0.172 e. The first-order chi connectivity index (χ1) is 41.0. The van der Waals surface area contributed by atoms with Gasteiger partial charge in [-0.1, -0.05) is 374 Å². The Morgan fingerprint density at radius 2 is 0.611 bits per heavy atom. The van der Waals surface area contributed by atoms with Gasteiger partial charge in [-0.25, -0.2) is 0 Å². The summed E-state index contributed by atoms with van der Waals surface area (Å²) >= 11 is 0. The van der Waals surface area contributed by atoms with E-state index in [1.54, 1.807) is 57.2 Å². The van der Waals surface area contributed by atoms with Gasteiger partial charge in [0, 0.05) is 79.5 Å². The summed E-state index contributed by atoms with van der Waals surface area (Å²) in [4.78, 5) is 60.2. The molecule has 1 fully saturated rings. The molecule has 90 heavy (non-hydrogen) atoms. The van der Waals surface area contributed by atoms with Crippen LogP contribution in [0.25, 0.3) is 11.5 Å². The molecule has 0 spiro atoms. The van der Waals surface area contributed by atoms with E-state index in [0.29, 0.717) is 23.3 Å². The summed E-state index contributed by atoms with van der Waals surface area (Å²) in [5, 5.41) is 0. The number of carbonyl (C=O) groups is 5. The van der Waals surface area contributed by atoms with E-state index >= 15 is 0 Å². The van der Waals surface area contributed by atoms with Crippen molar-refractivity contribution in [1.82, 2.24) is 0 Å². The molecule has 1 saturated carbocycles. The summed E-state index contributed by atoms with van der Waals surface area (Å²) in [6.45, 7) is 40.7. The van der Waals surface area contributed by atoms with E-state index in [-0.39, 0.29) is 74.8 Å². The van der Waals surface area contributed by atoms with Crippen LogP contribution in [0.4, 0.5) is 0 Å². The van der Waals surface area contributed by atoms with Crippen LogP contribution in [0.15, 0.2) is 212 Å². The van der Waals surface area contributed by atoms with Crippen LogP contribution in [0, 0.1) is 10.8 Å². The fourth-order valence-electron chi connectivity index (χ4n) is 8.40. The van der Waals surface area contributed by atoms with Gasteiger partial charge in [0.15, 0.2) is 17.3 Å².